The number of thioether (sulfide) groups is 1. The standard InChI is InChI=1S/C18H21F2N5O3S2/c1-12(26)21-6-9-28-16-10-15(24-30(27)25-7-3-8-25)22-18(23-16)29-11-13-4-2-5-14(19)17(13)20/h2,4-5,10H,3,6-9,11H2,1H3,(H,21,26)(H,22,23,24). The van der Waals surface area contributed by atoms with Crippen LogP contribution in [-0.4, -0.2) is 50.6 Å². The summed E-state index contributed by atoms with van der Waals surface area (Å²) in [4.78, 5) is 19.5. The second-order valence-electron chi connectivity index (χ2n) is 6.34. The van der Waals surface area contributed by atoms with E-state index in [2.05, 4.69) is 20.0 Å². The van der Waals surface area contributed by atoms with Gasteiger partial charge in [-0.05, 0) is 12.5 Å². The molecule has 1 aliphatic rings. The van der Waals surface area contributed by atoms with Gasteiger partial charge in [-0.15, -0.1) is 0 Å². The summed E-state index contributed by atoms with van der Waals surface area (Å²) in [5.74, 6) is -1.41. The summed E-state index contributed by atoms with van der Waals surface area (Å²) < 4.78 is 49.7. The number of amides is 1. The van der Waals surface area contributed by atoms with Crippen molar-refractivity contribution in [2.75, 3.05) is 31.0 Å². The SMILES string of the molecule is CC(=O)NCCOc1cc(NS(=O)N2CCC2)nc(SCc2cccc(F)c2F)n1. The minimum Gasteiger partial charge on any atom is -0.476 e. The molecule has 1 aromatic carbocycles. The number of halogens is 2. The Morgan fingerprint density at radius 1 is 1.33 bits per heavy atom. The summed E-state index contributed by atoms with van der Waals surface area (Å²) in [5.41, 5.74) is 0.180. The molecular formula is C18H21F2N5O3S2. The maximum absolute atomic E-state index is 13.9. The summed E-state index contributed by atoms with van der Waals surface area (Å²) in [7, 11) is 0. The summed E-state index contributed by atoms with van der Waals surface area (Å²) in [6, 6.07) is 5.46. The molecule has 0 saturated carbocycles. The van der Waals surface area contributed by atoms with Crippen LogP contribution in [0, 0.1) is 11.6 Å². The highest BCUT2D eigenvalue weighted by molar-refractivity contribution is 7.98. The van der Waals surface area contributed by atoms with E-state index in [4.69, 9.17) is 4.74 Å². The third kappa shape index (κ3) is 6.34. The highest BCUT2D eigenvalue weighted by Gasteiger charge is 2.21. The van der Waals surface area contributed by atoms with Crippen molar-refractivity contribution >= 4 is 34.7 Å². The zero-order chi connectivity index (χ0) is 21.5. The van der Waals surface area contributed by atoms with Crippen LogP contribution >= 0.6 is 11.8 Å². The maximum atomic E-state index is 13.9. The molecule has 0 spiro atoms. The Hall–Kier alpha value is -2.31. The van der Waals surface area contributed by atoms with Crippen LogP contribution in [0.2, 0.25) is 0 Å². The predicted octanol–water partition coefficient (Wildman–Crippen LogP) is 2.26. The highest BCUT2D eigenvalue weighted by Crippen LogP contribution is 2.26. The van der Waals surface area contributed by atoms with Gasteiger partial charge in [0.25, 0.3) is 0 Å². The van der Waals surface area contributed by atoms with Crippen molar-refractivity contribution in [3.05, 3.63) is 41.5 Å². The number of benzene rings is 1. The fourth-order valence-electron chi connectivity index (χ4n) is 2.39. The average Bonchev–Trinajstić information content (AvgIpc) is 2.65. The van der Waals surface area contributed by atoms with Crippen LogP contribution in [0.5, 0.6) is 5.88 Å². The topological polar surface area (TPSA) is 96.5 Å². The number of rotatable bonds is 10. The Bertz CT molecular complexity index is 931. The quantitative estimate of drug-likeness (QED) is 0.323. The van der Waals surface area contributed by atoms with Gasteiger partial charge in [0.15, 0.2) is 28.0 Å². The van der Waals surface area contributed by atoms with E-state index in [1.165, 1.54) is 25.1 Å². The smallest absolute Gasteiger partial charge is 0.219 e. The number of hydrogen-bond acceptors (Lipinski definition) is 6. The molecule has 1 unspecified atom stereocenters. The molecular weight excluding hydrogens is 436 g/mol. The van der Waals surface area contributed by atoms with E-state index in [9.17, 15) is 17.8 Å². The first kappa shape index (κ1) is 22.4. The van der Waals surface area contributed by atoms with Crippen LogP contribution in [0.3, 0.4) is 0 Å². The number of aromatic nitrogens is 2. The van der Waals surface area contributed by atoms with Gasteiger partial charge in [-0.1, -0.05) is 23.9 Å². The van der Waals surface area contributed by atoms with E-state index in [1.807, 2.05) is 0 Å². The molecule has 12 heteroatoms. The van der Waals surface area contributed by atoms with Crippen molar-refractivity contribution < 1.29 is 22.5 Å². The number of hydrogen-bond donors (Lipinski definition) is 2. The van der Waals surface area contributed by atoms with Crippen LogP contribution in [0.15, 0.2) is 29.4 Å². The van der Waals surface area contributed by atoms with E-state index >= 15 is 0 Å². The van der Waals surface area contributed by atoms with Crippen LogP contribution in [0.25, 0.3) is 0 Å². The van der Waals surface area contributed by atoms with Crippen molar-refractivity contribution in [3.63, 3.8) is 0 Å². The molecule has 0 aliphatic carbocycles. The third-order valence-electron chi connectivity index (χ3n) is 4.04. The Morgan fingerprint density at radius 2 is 2.13 bits per heavy atom. The molecule has 30 heavy (non-hydrogen) atoms. The molecule has 1 atom stereocenters. The lowest BCUT2D eigenvalue weighted by Crippen LogP contribution is -2.41. The molecule has 2 heterocycles. The van der Waals surface area contributed by atoms with Crippen LogP contribution in [-0.2, 0) is 21.7 Å². The van der Waals surface area contributed by atoms with E-state index in [0.29, 0.717) is 6.54 Å². The minimum atomic E-state index is -1.44. The van der Waals surface area contributed by atoms with Crippen molar-refractivity contribution in [2.24, 2.45) is 0 Å². The molecule has 0 bridgehead atoms. The van der Waals surface area contributed by atoms with E-state index in [1.54, 1.807) is 4.31 Å². The second kappa shape index (κ2) is 10.6. The van der Waals surface area contributed by atoms with Gasteiger partial charge in [0.2, 0.25) is 11.8 Å². The Kier molecular flexibility index (Phi) is 7.94. The van der Waals surface area contributed by atoms with Crippen molar-refractivity contribution in [3.8, 4) is 5.88 Å². The van der Waals surface area contributed by atoms with Crippen molar-refractivity contribution in [1.29, 1.82) is 0 Å². The van der Waals surface area contributed by atoms with E-state index in [0.717, 1.165) is 37.3 Å². The zero-order valence-electron chi connectivity index (χ0n) is 16.2. The summed E-state index contributed by atoms with van der Waals surface area (Å²) in [6.45, 7) is 3.32. The van der Waals surface area contributed by atoms with Gasteiger partial charge in [-0.2, -0.15) is 4.98 Å². The fraction of sp³-hybridized carbons (Fsp3) is 0.389. The lowest BCUT2D eigenvalue weighted by molar-refractivity contribution is -0.119. The molecule has 162 valence electrons. The first-order valence-electron chi connectivity index (χ1n) is 9.18. The largest absolute Gasteiger partial charge is 0.476 e. The molecule has 1 fully saturated rings. The maximum Gasteiger partial charge on any atom is 0.219 e. The number of anilines is 1. The molecule has 8 nitrogen and oxygen atoms in total. The molecule has 1 saturated heterocycles. The van der Waals surface area contributed by atoms with E-state index in [-0.39, 0.29) is 40.7 Å². The normalized spacial score (nSPS) is 14.6. The van der Waals surface area contributed by atoms with Gasteiger partial charge in [0, 0.05) is 37.4 Å². The molecule has 1 amide bonds. The second-order valence-corrected chi connectivity index (χ2v) is 8.50. The van der Waals surface area contributed by atoms with Gasteiger partial charge < -0.3 is 10.1 Å². The molecule has 2 N–H and O–H groups in total. The molecule has 2 aromatic rings. The summed E-state index contributed by atoms with van der Waals surface area (Å²) in [5, 5.41) is 2.85. The number of carbonyl (C=O) groups is 1. The van der Waals surface area contributed by atoms with E-state index < -0.39 is 22.8 Å². The lowest BCUT2D eigenvalue weighted by Gasteiger charge is -2.28. The predicted molar refractivity (Wildman–Crippen MR) is 110 cm³/mol. The molecule has 1 aromatic heterocycles. The zero-order valence-corrected chi connectivity index (χ0v) is 17.8. The van der Waals surface area contributed by atoms with Gasteiger partial charge in [-0.3, -0.25) is 9.52 Å². The molecule has 3 rings (SSSR count). The first-order valence-corrected chi connectivity index (χ1v) is 11.3. The average molecular weight is 458 g/mol. The van der Waals surface area contributed by atoms with Crippen molar-refractivity contribution in [2.45, 2.75) is 24.3 Å². The van der Waals surface area contributed by atoms with Crippen LogP contribution in [0.1, 0.15) is 18.9 Å². The number of nitrogens with zero attached hydrogens (tertiary/aromatic N) is 3. The molecule has 0 radical (unpaired) electrons. The fourth-order valence-corrected chi connectivity index (χ4v) is 4.21. The van der Waals surface area contributed by atoms with Gasteiger partial charge in [0.1, 0.15) is 12.4 Å². The Balaban J connectivity index is 1.71. The minimum absolute atomic E-state index is 0.105. The Morgan fingerprint density at radius 3 is 2.83 bits per heavy atom. The van der Waals surface area contributed by atoms with Gasteiger partial charge in [-0.25, -0.2) is 22.3 Å². The highest BCUT2D eigenvalue weighted by atomic mass is 32.2. The van der Waals surface area contributed by atoms with Gasteiger partial charge >= 0.3 is 0 Å². The number of carbonyl (C=O) groups excluding carboxylic acids is 1. The first-order chi connectivity index (χ1) is 14.4. The Labute approximate surface area is 179 Å². The summed E-state index contributed by atoms with van der Waals surface area (Å²) >= 11 is -0.351. The number of ether oxygens (including phenoxy) is 1. The van der Waals surface area contributed by atoms with Crippen LogP contribution in [0.4, 0.5) is 14.6 Å². The van der Waals surface area contributed by atoms with Crippen LogP contribution < -0.4 is 14.8 Å². The van der Waals surface area contributed by atoms with Crippen molar-refractivity contribution in [1.82, 2.24) is 19.6 Å². The number of nitrogens with one attached hydrogen (secondary N) is 2. The third-order valence-corrected chi connectivity index (χ3v) is 6.15. The lowest BCUT2D eigenvalue weighted by atomic mass is 10.2. The molecule has 1 aliphatic heterocycles. The van der Waals surface area contributed by atoms with Gasteiger partial charge in [0.05, 0.1) is 6.54 Å². The monoisotopic (exact) mass is 457 g/mol. The summed E-state index contributed by atoms with van der Waals surface area (Å²) in [6.07, 6.45) is 0.981.